The molecule has 5 heteroatoms. The number of pyridine rings is 1. The molecule has 5 nitrogen and oxygen atoms in total. The molecule has 2 rings (SSSR count). The van der Waals surface area contributed by atoms with Gasteiger partial charge in [-0.25, -0.2) is 4.98 Å². The van der Waals surface area contributed by atoms with Gasteiger partial charge in [-0.05, 0) is 19.1 Å². The minimum atomic E-state index is -0.152. The van der Waals surface area contributed by atoms with Crippen molar-refractivity contribution in [1.82, 2.24) is 15.3 Å². The Morgan fingerprint density at radius 2 is 2.06 bits per heavy atom. The van der Waals surface area contributed by atoms with Gasteiger partial charge in [-0.1, -0.05) is 0 Å². The number of hydrogen-bond donors (Lipinski definition) is 1. The van der Waals surface area contributed by atoms with E-state index in [1.165, 1.54) is 0 Å². The monoisotopic (exact) mass is 231 g/mol. The van der Waals surface area contributed by atoms with Gasteiger partial charge in [0.1, 0.15) is 5.76 Å². The third kappa shape index (κ3) is 2.69. The SMILES string of the molecule is Cc1nc(C)c(CNC(=O)c2ccncc2)o1. The molecule has 88 valence electrons. The van der Waals surface area contributed by atoms with Crippen molar-refractivity contribution in [1.29, 1.82) is 0 Å². The third-order valence-corrected chi connectivity index (χ3v) is 2.35. The van der Waals surface area contributed by atoms with E-state index < -0.39 is 0 Å². The number of oxazole rings is 1. The fourth-order valence-electron chi connectivity index (χ4n) is 1.50. The van der Waals surface area contributed by atoms with Gasteiger partial charge in [0.25, 0.3) is 5.91 Å². The Bertz CT molecular complexity index is 520. The van der Waals surface area contributed by atoms with Crippen molar-refractivity contribution in [2.45, 2.75) is 20.4 Å². The summed E-state index contributed by atoms with van der Waals surface area (Å²) in [7, 11) is 0. The summed E-state index contributed by atoms with van der Waals surface area (Å²) >= 11 is 0. The van der Waals surface area contributed by atoms with Crippen molar-refractivity contribution in [3.8, 4) is 0 Å². The summed E-state index contributed by atoms with van der Waals surface area (Å²) in [5.74, 6) is 1.14. The quantitative estimate of drug-likeness (QED) is 0.871. The second kappa shape index (κ2) is 4.78. The van der Waals surface area contributed by atoms with Crippen LogP contribution in [0.1, 0.15) is 27.7 Å². The highest BCUT2D eigenvalue weighted by atomic mass is 16.4. The van der Waals surface area contributed by atoms with Crippen molar-refractivity contribution < 1.29 is 9.21 Å². The summed E-state index contributed by atoms with van der Waals surface area (Å²) in [5.41, 5.74) is 1.38. The smallest absolute Gasteiger partial charge is 0.251 e. The number of amides is 1. The number of carbonyl (C=O) groups excluding carboxylic acids is 1. The summed E-state index contributed by atoms with van der Waals surface area (Å²) in [6.07, 6.45) is 3.16. The molecule has 0 aliphatic heterocycles. The van der Waals surface area contributed by atoms with Crippen LogP contribution in [0.2, 0.25) is 0 Å². The largest absolute Gasteiger partial charge is 0.444 e. The number of nitrogens with zero attached hydrogens (tertiary/aromatic N) is 2. The van der Waals surface area contributed by atoms with Crippen LogP contribution < -0.4 is 5.32 Å². The van der Waals surface area contributed by atoms with Crippen molar-refractivity contribution in [2.75, 3.05) is 0 Å². The molecule has 0 saturated carbocycles. The average Bonchev–Trinajstić information content (AvgIpc) is 2.66. The first kappa shape index (κ1) is 11.3. The topological polar surface area (TPSA) is 68.0 Å². The molecule has 2 aromatic rings. The van der Waals surface area contributed by atoms with E-state index in [1.54, 1.807) is 31.5 Å². The normalized spacial score (nSPS) is 10.2. The molecule has 1 N–H and O–H groups in total. The fourth-order valence-corrected chi connectivity index (χ4v) is 1.50. The van der Waals surface area contributed by atoms with E-state index in [9.17, 15) is 4.79 Å². The molecule has 2 aromatic heterocycles. The highest BCUT2D eigenvalue weighted by Gasteiger charge is 2.09. The lowest BCUT2D eigenvalue weighted by Gasteiger charge is -2.02. The van der Waals surface area contributed by atoms with Gasteiger partial charge in [0.2, 0.25) is 0 Å². The lowest BCUT2D eigenvalue weighted by molar-refractivity contribution is 0.0947. The lowest BCUT2D eigenvalue weighted by Crippen LogP contribution is -2.22. The van der Waals surface area contributed by atoms with Gasteiger partial charge >= 0.3 is 0 Å². The van der Waals surface area contributed by atoms with E-state index in [0.29, 0.717) is 23.8 Å². The van der Waals surface area contributed by atoms with Crippen LogP contribution in [0.15, 0.2) is 28.9 Å². The summed E-state index contributed by atoms with van der Waals surface area (Å²) in [5, 5.41) is 2.77. The van der Waals surface area contributed by atoms with Gasteiger partial charge in [0, 0.05) is 24.9 Å². The van der Waals surface area contributed by atoms with Gasteiger partial charge in [-0.2, -0.15) is 0 Å². The van der Waals surface area contributed by atoms with E-state index in [4.69, 9.17) is 4.42 Å². The molecule has 0 radical (unpaired) electrons. The minimum Gasteiger partial charge on any atom is -0.444 e. The molecule has 0 unspecified atom stereocenters. The second-order valence-corrected chi connectivity index (χ2v) is 3.66. The maximum absolute atomic E-state index is 11.7. The first-order valence-corrected chi connectivity index (χ1v) is 5.28. The number of aromatic nitrogens is 2. The molecule has 0 bridgehead atoms. The number of aryl methyl sites for hydroxylation is 2. The van der Waals surface area contributed by atoms with Crippen LogP contribution in [-0.4, -0.2) is 15.9 Å². The van der Waals surface area contributed by atoms with E-state index in [-0.39, 0.29) is 5.91 Å². The Morgan fingerprint density at radius 1 is 1.35 bits per heavy atom. The maximum Gasteiger partial charge on any atom is 0.251 e. The maximum atomic E-state index is 11.7. The van der Waals surface area contributed by atoms with E-state index in [2.05, 4.69) is 15.3 Å². The number of carbonyl (C=O) groups is 1. The molecule has 2 heterocycles. The van der Waals surface area contributed by atoms with Crippen LogP contribution in [0, 0.1) is 13.8 Å². The summed E-state index contributed by atoms with van der Waals surface area (Å²) in [6, 6.07) is 3.32. The molecule has 0 aliphatic rings. The van der Waals surface area contributed by atoms with Crippen molar-refractivity contribution in [3.05, 3.63) is 47.4 Å². The van der Waals surface area contributed by atoms with Crippen molar-refractivity contribution in [2.24, 2.45) is 0 Å². The molecule has 1 amide bonds. The number of rotatable bonds is 3. The predicted molar refractivity (Wildman–Crippen MR) is 61.4 cm³/mol. The molecule has 0 aliphatic carbocycles. The molecule has 17 heavy (non-hydrogen) atoms. The molecular weight excluding hydrogens is 218 g/mol. The summed E-state index contributed by atoms with van der Waals surface area (Å²) < 4.78 is 5.36. The first-order valence-electron chi connectivity index (χ1n) is 5.28. The van der Waals surface area contributed by atoms with Gasteiger partial charge in [-0.3, -0.25) is 9.78 Å². The molecule has 0 atom stereocenters. The van der Waals surface area contributed by atoms with E-state index in [1.807, 2.05) is 6.92 Å². The van der Waals surface area contributed by atoms with Crippen molar-refractivity contribution >= 4 is 5.91 Å². The Morgan fingerprint density at radius 3 is 2.65 bits per heavy atom. The summed E-state index contributed by atoms with van der Waals surface area (Å²) in [4.78, 5) is 19.7. The minimum absolute atomic E-state index is 0.152. The molecule has 0 saturated heterocycles. The Balaban J connectivity index is 1.99. The average molecular weight is 231 g/mol. The zero-order valence-electron chi connectivity index (χ0n) is 9.73. The van der Waals surface area contributed by atoms with Crippen LogP contribution in [0.25, 0.3) is 0 Å². The molecule has 0 aromatic carbocycles. The zero-order valence-corrected chi connectivity index (χ0v) is 9.73. The Kier molecular flexibility index (Phi) is 3.18. The summed E-state index contributed by atoms with van der Waals surface area (Å²) in [6.45, 7) is 3.97. The van der Waals surface area contributed by atoms with E-state index in [0.717, 1.165) is 5.69 Å². The van der Waals surface area contributed by atoms with Crippen molar-refractivity contribution in [3.63, 3.8) is 0 Å². The predicted octanol–water partition coefficient (Wildman–Crippen LogP) is 1.62. The lowest BCUT2D eigenvalue weighted by atomic mass is 10.2. The zero-order chi connectivity index (χ0) is 12.3. The third-order valence-electron chi connectivity index (χ3n) is 2.35. The highest BCUT2D eigenvalue weighted by molar-refractivity contribution is 5.93. The first-order chi connectivity index (χ1) is 8.16. The Hall–Kier alpha value is -2.17. The van der Waals surface area contributed by atoms with Crippen LogP contribution in [0.3, 0.4) is 0 Å². The van der Waals surface area contributed by atoms with Gasteiger partial charge < -0.3 is 9.73 Å². The number of nitrogens with one attached hydrogen (secondary N) is 1. The number of hydrogen-bond acceptors (Lipinski definition) is 4. The van der Waals surface area contributed by atoms with Gasteiger partial charge in [0.15, 0.2) is 5.89 Å². The standard InChI is InChI=1S/C12H13N3O2/c1-8-11(17-9(2)15-8)7-14-12(16)10-3-5-13-6-4-10/h3-6H,7H2,1-2H3,(H,14,16). The van der Waals surface area contributed by atoms with E-state index >= 15 is 0 Å². The molecule has 0 fully saturated rings. The van der Waals surface area contributed by atoms with Gasteiger partial charge in [0.05, 0.1) is 12.2 Å². The molecular formula is C12H13N3O2. The fraction of sp³-hybridized carbons (Fsp3) is 0.250. The highest BCUT2D eigenvalue weighted by Crippen LogP contribution is 2.09. The van der Waals surface area contributed by atoms with Crippen LogP contribution in [0.5, 0.6) is 0 Å². The van der Waals surface area contributed by atoms with Crippen LogP contribution in [0.4, 0.5) is 0 Å². The van der Waals surface area contributed by atoms with Crippen LogP contribution >= 0.6 is 0 Å². The Labute approximate surface area is 98.9 Å². The van der Waals surface area contributed by atoms with Crippen LogP contribution in [-0.2, 0) is 6.54 Å². The van der Waals surface area contributed by atoms with Gasteiger partial charge in [-0.15, -0.1) is 0 Å². The molecule has 0 spiro atoms. The second-order valence-electron chi connectivity index (χ2n) is 3.66.